The maximum atomic E-state index is 12.3. The molecule has 1 atom stereocenters. The molecule has 0 saturated heterocycles. The number of hydrogen-bond donors (Lipinski definition) is 2. The second kappa shape index (κ2) is 9.79. The molecule has 0 bridgehead atoms. The molecule has 0 aromatic heterocycles. The number of benzene rings is 1. The molecule has 2 amide bonds. The van der Waals surface area contributed by atoms with E-state index >= 15 is 0 Å². The van der Waals surface area contributed by atoms with Crippen LogP contribution in [-0.4, -0.2) is 33.1 Å². The Labute approximate surface area is 160 Å². The second-order valence-electron chi connectivity index (χ2n) is 5.28. The summed E-state index contributed by atoms with van der Waals surface area (Å²) in [5.41, 5.74) is 0.0842. The number of Topliss-reactive ketones (excluding diaryl/α,β-unsaturated/α-hetero) is 1. The molecule has 1 aromatic carbocycles. The van der Waals surface area contributed by atoms with Crippen LogP contribution < -0.4 is 10.6 Å². The number of rotatable bonds is 8. The molecular weight excluding hydrogens is 393 g/mol. The van der Waals surface area contributed by atoms with E-state index in [2.05, 4.69) is 10.6 Å². The van der Waals surface area contributed by atoms with E-state index in [0.29, 0.717) is 6.54 Å². The van der Waals surface area contributed by atoms with Gasteiger partial charge in [0.2, 0.25) is 3.79 Å². The highest BCUT2D eigenvalue weighted by molar-refractivity contribution is 6.68. The lowest BCUT2D eigenvalue weighted by Crippen LogP contribution is -2.49. The first-order chi connectivity index (χ1) is 11.6. The maximum Gasteiger partial charge on any atom is 0.315 e. The lowest BCUT2D eigenvalue weighted by Gasteiger charge is -2.25. The molecule has 0 radical (unpaired) electrons. The van der Waals surface area contributed by atoms with Crippen LogP contribution in [0, 0.1) is 10.1 Å². The highest BCUT2D eigenvalue weighted by atomic mass is 35.6. The molecule has 0 spiro atoms. The summed E-state index contributed by atoms with van der Waals surface area (Å²) in [5, 5.41) is 15.7. The van der Waals surface area contributed by atoms with Gasteiger partial charge >= 0.3 is 6.03 Å². The van der Waals surface area contributed by atoms with Gasteiger partial charge in [-0.2, -0.15) is 0 Å². The van der Waals surface area contributed by atoms with Crippen molar-refractivity contribution < 1.29 is 14.5 Å². The van der Waals surface area contributed by atoms with Gasteiger partial charge in [0.15, 0.2) is 5.78 Å². The normalized spacial score (nSPS) is 12.3. The van der Waals surface area contributed by atoms with Gasteiger partial charge in [-0.25, -0.2) is 4.79 Å². The standard InChI is InChI=1S/C15H18Cl3N3O4/c1-2-3-8-19-14(23)20-13(15(16,17)18)9-12(22)10-4-6-11(7-5-10)21(24)25/h4-7,13H,2-3,8-9H2,1H3,(H2,19,20,23). The number of hydrogen-bond acceptors (Lipinski definition) is 4. The number of amides is 2. The van der Waals surface area contributed by atoms with E-state index < -0.39 is 26.6 Å². The number of unbranched alkanes of at least 4 members (excludes halogenated alkanes) is 1. The molecule has 0 aliphatic carbocycles. The topological polar surface area (TPSA) is 101 Å². The fourth-order valence-electron chi connectivity index (χ4n) is 1.91. The smallest absolute Gasteiger partial charge is 0.315 e. The number of non-ortho nitro benzene ring substituents is 1. The van der Waals surface area contributed by atoms with Crippen LogP contribution in [0.5, 0.6) is 0 Å². The summed E-state index contributed by atoms with van der Waals surface area (Å²) >= 11 is 17.5. The molecule has 138 valence electrons. The Kier molecular flexibility index (Phi) is 8.41. The predicted molar refractivity (Wildman–Crippen MR) is 97.6 cm³/mol. The van der Waals surface area contributed by atoms with Crippen LogP contribution in [0.15, 0.2) is 24.3 Å². The van der Waals surface area contributed by atoms with Crippen LogP contribution in [0.2, 0.25) is 0 Å². The van der Waals surface area contributed by atoms with Gasteiger partial charge < -0.3 is 10.6 Å². The molecule has 0 aliphatic heterocycles. The Morgan fingerprint density at radius 3 is 2.32 bits per heavy atom. The van der Waals surface area contributed by atoms with Crippen molar-refractivity contribution in [3.05, 3.63) is 39.9 Å². The van der Waals surface area contributed by atoms with Crippen LogP contribution in [0.1, 0.15) is 36.5 Å². The minimum Gasteiger partial charge on any atom is -0.338 e. The molecular formula is C15H18Cl3N3O4. The predicted octanol–water partition coefficient (Wildman–Crippen LogP) is 4.01. The number of ketones is 1. The van der Waals surface area contributed by atoms with Crippen LogP contribution in [0.3, 0.4) is 0 Å². The molecule has 0 fully saturated rings. The number of nitro benzene ring substituents is 1. The van der Waals surface area contributed by atoms with E-state index in [9.17, 15) is 19.7 Å². The van der Waals surface area contributed by atoms with Gasteiger partial charge in [-0.1, -0.05) is 48.1 Å². The zero-order valence-electron chi connectivity index (χ0n) is 13.4. The molecule has 0 saturated carbocycles. The van der Waals surface area contributed by atoms with Crippen LogP contribution >= 0.6 is 34.8 Å². The Morgan fingerprint density at radius 1 is 1.24 bits per heavy atom. The molecule has 10 heteroatoms. The molecule has 7 nitrogen and oxygen atoms in total. The van der Waals surface area contributed by atoms with Gasteiger partial charge in [-0.05, 0) is 18.6 Å². The molecule has 25 heavy (non-hydrogen) atoms. The average Bonchev–Trinajstić information content (AvgIpc) is 2.53. The van der Waals surface area contributed by atoms with Crippen LogP contribution in [0.25, 0.3) is 0 Å². The lowest BCUT2D eigenvalue weighted by atomic mass is 10.0. The van der Waals surface area contributed by atoms with Crippen LogP contribution in [-0.2, 0) is 0 Å². The molecule has 2 N–H and O–H groups in total. The summed E-state index contributed by atoms with van der Waals surface area (Å²) in [6, 6.07) is 3.46. The van der Waals surface area contributed by atoms with Gasteiger partial charge in [0.25, 0.3) is 5.69 Å². The first-order valence-corrected chi connectivity index (χ1v) is 8.67. The summed E-state index contributed by atoms with van der Waals surface area (Å²) in [6.45, 7) is 2.44. The van der Waals surface area contributed by atoms with E-state index in [1.54, 1.807) is 0 Å². The number of carbonyl (C=O) groups excluding carboxylic acids is 2. The van der Waals surface area contributed by atoms with Crippen molar-refractivity contribution in [3.63, 3.8) is 0 Å². The Bertz CT molecular complexity index is 617. The van der Waals surface area contributed by atoms with Gasteiger partial charge in [0.05, 0.1) is 11.0 Å². The summed E-state index contributed by atoms with van der Waals surface area (Å²) in [4.78, 5) is 34.2. The van der Waals surface area contributed by atoms with E-state index in [1.807, 2.05) is 6.92 Å². The number of nitrogens with one attached hydrogen (secondary N) is 2. The first-order valence-electron chi connectivity index (χ1n) is 7.54. The first kappa shape index (κ1) is 21.5. The second-order valence-corrected chi connectivity index (χ2v) is 7.65. The molecule has 1 aromatic rings. The summed E-state index contributed by atoms with van der Waals surface area (Å²) in [5.74, 6) is -0.417. The fraction of sp³-hybridized carbons (Fsp3) is 0.467. The lowest BCUT2D eigenvalue weighted by molar-refractivity contribution is -0.384. The third-order valence-corrected chi connectivity index (χ3v) is 4.10. The zero-order valence-corrected chi connectivity index (χ0v) is 15.7. The Hall–Kier alpha value is -1.57. The Balaban J connectivity index is 2.75. The van der Waals surface area contributed by atoms with E-state index in [1.165, 1.54) is 24.3 Å². The fourth-order valence-corrected chi connectivity index (χ4v) is 2.30. The molecule has 0 aliphatic rings. The third-order valence-electron chi connectivity index (χ3n) is 3.31. The number of nitrogens with zero attached hydrogens (tertiary/aromatic N) is 1. The number of urea groups is 1. The van der Waals surface area contributed by atoms with Gasteiger partial charge in [0, 0.05) is 30.7 Å². The molecule has 1 unspecified atom stereocenters. The number of halogens is 3. The van der Waals surface area contributed by atoms with E-state index in [0.717, 1.165) is 12.8 Å². The van der Waals surface area contributed by atoms with Crippen molar-refractivity contribution in [2.75, 3.05) is 6.54 Å². The van der Waals surface area contributed by atoms with Gasteiger partial charge in [-0.15, -0.1) is 0 Å². The van der Waals surface area contributed by atoms with Crippen molar-refractivity contribution in [1.82, 2.24) is 10.6 Å². The number of alkyl halides is 3. The zero-order chi connectivity index (χ0) is 19.0. The highest BCUT2D eigenvalue weighted by Crippen LogP contribution is 2.32. The minimum atomic E-state index is -1.89. The van der Waals surface area contributed by atoms with Crippen molar-refractivity contribution >= 4 is 52.3 Å². The van der Waals surface area contributed by atoms with Gasteiger partial charge in [0.1, 0.15) is 0 Å². The largest absolute Gasteiger partial charge is 0.338 e. The summed E-state index contributed by atoms with van der Waals surface area (Å²) < 4.78 is -1.89. The van der Waals surface area contributed by atoms with Crippen LogP contribution in [0.4, 0.5) is 10.5 Å². The van der Waals surface area contributed by atoms with Crippen molar-refractivity contribution in [2.24, 2.45) is 0 Å². The van der Waals surface area contributed by atoms with E-state index in [4.69, 9.17) is 34.8 Å². The van der Waals surface area contributed by atoms with E-state index in [-0.39, 0.29) is 17.7 Å². The minimum absolute atomic E-state index is 0.136. The summed E-state index contributed by atoms with van der Waals surface area (Å²) in [6.07, 6.45) is 1.44. The number of carbonyl (C=O) groups is 2. The molecule has 1 rings (SSSR count). The summed E-state index contributed by atoms with van der Waals surface area (Å²) in [7, 11) is 0. The quantitative estimate of drug-likeness (QED) is 0.222. The van der Waals surface area contributed by atoms with Crippen molar-refractivity contribution in [2.45, 2.75) is 36.0 Å². The van der Waals surface area contributed by atoms with Crippen molar-refractivity contribution in [1.29, 1.82) is 0 Å². The Morgan fingerprint density at radius 2 is 1.84 bits per heavy atom. The van der Waals surface area contributed by atoms with Crippen molar-refractivity contribution in [3.8, 4) is 0 Å². The highest BCUT2D eigenvalue weighted by Gasteiger charge is 2.35. The maximum absolute atomic E-state index is 12.3. The SMILES string of the molecule is CCCCNC(=O)NC(CC(=O)c1ccc([N+](=O)[O-])cc1)C(Cl)(Cl)Cl. The monoisotopic (exact) mass is 409 g/mol. The average molecular weight is 411 g/mol. The van der Waals surface area contributed by atoms with Gasteiger partial charge in [-0.3, -0.25) is 14.9 Å². The molecule has 0 heterocycles. The third kappa shape index (κ3) is 7.46. The number of nitro groups is 1.